The number of rotatable bonds is 9. The lowest BCUT2D eigenvalue weighted by Crippen LogP contribution is -2.23. The van der Waals surface area contributed by atoms with Crippen LogP contribution in [0.25, 0.3) is 0 Å². The maximum Gasteiger partial charge on any atom is 0.0928 e. The topological polar surface area (TPSA) is 61.7 Å². The lowest BCUT2D eigenvalue weighted by Gasteiger charge is -2.13. The predicted octanol–water partition coefficient (Wildman–Crippen LogP) is 1.36. The van der Waals surface area contributed by atoms with Crippen LogP contribution in [0.1, 0.15) is 18.1 Å². The molecule has 0 heterocycles. The average molecular weight is 274 g/mol. The summed E-state index contributed by atoms with van der Waals surface area (Å²) < 4.78 is 5.12. The molecule has 0 aliphatic heterocycles. The van der Waals surface area contributed by atoms with Gasteiger partial charge in [0, 0.05) is 23.7 Å². The Kier molecular flexibility index (Phi) is 7.96. The lowest BCUT2D eigenvalue weighted by molar-refractivity contribution is 0.0899. The van der Waals surface area contributed by atoms with E-state index in [0.717, 1.165) is 18.5 Å². The highest BCUT2D eigenvalue weighted by atomic mass is 35.5. The van der Waals surface area contributed by atoms with Crippen molar-refractivity contribution in [1.29, 1.82) is 0 Å². The Morgan fingerprint density at radius 1 is 1.28 bits per heavy atom. The van der Waals surface area contributed by atoms with Crippen LogP contribution >= 0.6 is 11.6 Å². The molecule has 0 spiro atoms. The van der Waals surface area contributed by atoms with E-state index in [9.17, 15) is 5.11 Å². The van der Waals surface area contributed by atoms with Gasteiger partial charge < -0.3 is 20.3 Å². The van der Waals surface area contributed by atoms with Gasteiger partial charge in [0.05, 0.1) is 19.3 Å². The van der Waals surface area contributed by atoms with Gasteiger partial charge in [-0.25, -0.2) is 0 Å². The fourth-order valence-corrected chi connectivity index (χ4v) is 1.82. The van der Waals surface area contributed by atoms with Gasteiger partial charge in [0.25, 0.3) is 0 Å². The normalized spacial score (nSPS) is 12.6. The van der Waals surface area contributed by atoms with Crippen molar-refractivity contribution >= 4 is 11.6 Å². The first-order valence-electron chi connectivity index (χ1n) is 6.07. The Labute approximate surface area is 113 Å². The summed E-state index contributed by atoms with van der Waals surface area (Å²) in [5, 5.41) is 22.2. The van der Waals surface area contributed by atoms with Crippen molar-refractivity contribution in [1.82, 2.24) is 5.32 Å². The SMILES string of the molecule is OCCOCCCNCC(O)c1ccccc1Cl. The first kappa shape index (κ1) is 15.4. The molecule has 1 aromatic rings. The molecule has 0 bridgehead atoms. The van der Waals surface area contributed by atoms with E-state index < -0.39 is 6.10 Å². The van der Waals surface area contributed by atoms with Gasteiger partial charge in [-0.3, -0.25) is 0 Å². The molecule has 0 radical (unpaired) electrons. The third kappa shape index (κ3) is 5.80. The van der Waals surface area contributed by atoms with E-state index in [0.29, 0.717) is 24.8 Å². The van der Waals surface area contributed by atoms with Crippen molar-refractivity contribution in [3.8, 4) is 0 Å². The minimum absolute atomic E-state index is 0.0542. The summed E-state index contributed by atoms with van der Waals surface area (Å²) in [6, 6.07) is 7.28. The largest absolute Gasteiger partial charge is 0.394 e. The van der Waals surface area contributed by atoms with Crippen molar-refractivity contribution in [2.24, 2.45) is 0 Å². The smallest absolute Gasteiger partial charge is 0.0928 e. The molecule has 0 aliphatic carbocycles. The van der Waals surface area contributed by atoms with Crippen molar-refractivity contribution in [3.05, 3.63) is 34.9 Å². The summed E-state index contributed by atoms with van der Waals surface area (Å²) in [6.45, 7) is 2.26. The summed E-state index contributed by atoms with van der Waals surface area (Å²) in [5.74, 6) is 0. The van der Waals surface area contributed by atoms with E-state index in [2.05, 4.69) is 5.32 Å². The number of halogens is 1. The summed E-state index contributed by atoms with van der Waals surface area (Å²) in [4.78, 5) is 0. The van der Waals surface area contributed by atoms with Gasteiger partial charge >= 0.3 is 0 Å². The Balaban J connectivity index is 2.14. The molecule has 1 aromatic carbocycles. The number of ether oxygens (including phenoxy) is 1. The van der Waals surface area contributed by atoms with Crippen molar-refractivity contribution in [2.75, 3.05) is 32.9 Å². The Bertz CT molecular complexity index is 336. The lowest BCUT2D eigenvalue weighted by atomic mass is 10.1. The standard InChI is InChI=1S/C13H20ClNO3/c14-12-5-2-1-4-11(12)13(17)10-15-6-3-8-18-9-7-16/h1-2,4-5,13,15-17H,3,6-10H2. The molecular weight excluding hydrogens is 254 g/mol. The highest BCUT2D eigenvalue weighted by molar-refractivity contribution is 6.31. The zero-order valence-corrected chi connectivity index (χ0v) is 11.1. The Morgan fingerprint density at radius 3 is 2.78 bits per heavy atom. The minimum atomic E-state index is -0.600. The zero-order valence-electron chi connectivity index (χ0n) is 10.3. The predicted molar refractivity (Wildman–Crippen MR) is 71.8 cm³/mol. The van der Waals surface area contributed by atoms with Crippen LogP contribution in [-0.4, -0.2) is 43.1 Å². The van der Waals surface area contributed by atoms with Crippen molar-refractivity contribution in [3.63, 3.8) is 0 Å². The van der Waals surface area contributed by atoms with Gasteiger partial charge in [-0.15, -0.1) is 0 Å². The van der Waals surface area contributed by atoms with Crippen molar-refractivity contribution < 1.29 is 14.9 Å². The Morgan fingerprint density at radius 2 is 2.06 bits per heavy atom. The summed E-state index contributed by atoms with van der Waals surface area (Å²) in [6.07, 6.45) is 0.243. The molecular formula is C13H20ClNO3. The van der Waals surface area contributed by atoms with Crippen LogP contribution in [0.15, 0.2) is 24.3 Å². The monoisotopic (exact) mass is 273 g/mol. The second-order valence-electron chi connectivity index (χ2n) is 3.93. The van der Waals surface area contributed by atoms with E-state index in [1.54, 1.807) is 6.07 Å². The van der Waals surface area contributed by atoms with Gasteiger partial charge in [-0.1, -0.05) is 29.8 Å². The fraction of sp³-hybridized carbons (Fsp3) is 0.538. The quantitative estimate of drug-likeness (QED) is 0.595. The molecule has 0 aliphatic rings. The van der Waals surface area contributed by atoms with Crippen LogP contribution in [0.2, 0.25) is 5.02 Å². The van der Waals surface area contributed by atoms with E-state index >= 15 is 0 Å². The summed E-state index contributed by atoms with van der Waals surface area (Å²) in [5.41, 5.74) is 0.739. The second-order valence-corrected chi connectivity index (χ2v) is 4.34. The molecule has 5 heteroatoms. The molecule has 1 atom stereocenters. The molecule has 3 N–H and O–H groups in total. The first-order chi connectivity index (χ1) is 8.75. The van der Waals surface area contributed by atoms with Crippen LogP contribution in [0.5, 0.6) is 0 Å². The van der Waals surface area contributed by atoms with E-state index in [-0.39, 0.29) is 6.61 Å². The van der Waals surface area contributed by atoms with Crippen LogP contribution in [0, 0.1) is 0 Å². The number of nitrogens with one attached hydrogen (secondary N) is 1. The zero-order chi connectivity index (χ0) is 13.2. The molecule has 0 saturated heterocycles. The van der Waals surface area contributed by atoms with Crippen molar-refractivity contribution in [2.45, 2.75) is 12.5 Å². The number of benzene rings is 1. The number of aliphatic hydroxyl groups is 2. The molecule has 0 amide bonds. The van der Waals surface area contributed by atoms with Gasteiger partial charge in [0.15, 0.2) is 0 Å². The highest BCUT2D eigenvalue weighted by Crippen LogP contribution is 2.21. The number of hydrogen-bond acceptors (Lipinski definition) is 4. The fourth-order valence-electron chi connectivity index (χ4n) is 1.56. The van der Waals surface area contributed by atoms with Gasteiger partial charge in [0.2, 0.25) is 0 Å². The molecule has 0 saturated carbocycles. The molecule has 0 aromatic heterocycles. The van der Waals surface area contributed by atoms with E-state index in [1.165, 1.54) is 0 Å². The van der Waals surface area contributed by atoms with E-state index in [4.69, 9.17) is 21.4 Å². The van der Waals surface area contributed by atoms with Gasteiger partial charge in [-0.2, -0.15) is 0 Å². The summed E-state index contributed by atoms with van der Waals surface area (Å²) >= 11 is 5.98. The molecule has 0 fully saturated rings. The van der Waals surface area contributed by atoms with Gasteiger partial charge in [0.1, 0.15) is 0 Å². The third-order valence-electron chi connectivity index (χ3n) is 2.48. The maximum absolute atomic E-state index is 9.93. The third-order valence-corrected chi connectivity index (χ3v) is 2.82. The first-order valence-corrected chi connectivity index (χ1v) is 6.45. The number of aliphatic hydroxyl groups excluding tert-OH is 2. The minimum Gasteiger partial charge on any atom is -0.394 e. The Hall–Kier alpha value is -0.650. The van der Waals surface area contributed by atoms with Gasteiger partial charge in [-0.05, 0) is 19.0 Å². The molecule has 1 unspecified atom stereocenters. The highest BCUT2D eigenvalue weighted by Gasteiger charge is 2.09. The van der Waals surface area contributed by atoms with E-state index in [1.807, 2.05) is 18.2 Å². The molecule has 18 heavy (non-hydrogen) atoms. The molecule has 4 nitrogen and oxygen atoms in total. The average Bonchev–Trinajstić information content (AvgIpc) is 2.38. The van der Waals surface area contributed by atoms with Crippen LogP contribution < -0.4 is 5.32 Å². The summed E-state index contributed by atoms with van der Waals surface area (Å²) in [7, 11) is 0. The second kappa shape index (κ2) is 9.30. The molecule has 1 rings (SSSR count). The van der Waals surface area contributed by atoms with Crippen LogP contribution in [0.3, 0.4) is 0 Å². The number of hydrogen-bond donors (Lipinski definition) is 3. The van der Waals surface area contributed by atoms with Crippen LogP contribution in [-0.2, 0) is 4.74 Å². The molecule has 102 valence electrons. The van der Waals surface area contributed by atoms with Crippen LogP contribution in [0.4, 0.5) is 0 Å². The maximum atomic E-state index is 9.93.